The van der Waals surface area contributed by atoms with Crippen LogP contribution in [0.15, 0.2) is 72.8 Å². The highest BCUT2D eigenvalue weighted by Gasteiger charge is 2.52. The number of aromatic nitrogens is 1. The van der Waals surface area contributed by atoms with Crippen LogP contribution in [0.3, 0.4) is 0 Å². The smallest absolute Gasteiger partial charge is 0.473 e. The quantitative estimate of drug-likeness (QED) is 0.444. The number of pyridine rings is 1. The first-order chi connectivity index (χ1) is 15.8. The van der Waals surface area contributed by atoms with E-state index in [9.17, 15) is 0 Å². The van der Waals surface area contributed by atoms with Gasteiger partial charge in [0.15, 0.2) is 0 Å². The highest BCUT2D eigenvalue weighted by Crippen LogP contribution is 2.37. The van der Waals surface area contributed by atoms with Gasteiger partial charge in [-0.05, 0) is 38.8 Å². The summed E-state index contributed by atoms with van der Waals surface area (Å²) >= 11 is 0. The van der Waals surface area contributed by atoms with Gasteiger partial charge in [0.25, 0.3) is 0 Å². The Kier molecular flexibility index (Phi) is 8.17. The highest BCUT2D eigenvalue weighted by molar-refractivity contribution is 6.63. The number of benzene rings is 2. The Hall–Kier alpha value is -2.83. The fraction of sp³-hybridized carbons (Fsp3) is 0.370. The van der Waals surface area contributed by atoms with Crippen LogP contribution in [0.4, 0.5) is 0 Å². The van der Waals surface area contributed by atoms with Gasteiger partial charge >= 0.3 is 7.12 Å². The van der Waals surface area contributed by atoms with Crippen LogP contribution in [0.1, 0.15) is 52.7 Å². The summed E-state index contributed by atoms with van der Waals surface area (Å²) < 4.78 is 24.5. The van der Waals surface area contributed by atoms with Crippen molar-refractivity contribution in [3.8, 4) is 11.8 Å². The van der Waals surface area contributed by atoms with E-state index < -0.39 is 18.3 Å². The summed E-state index contributed by atoms with van der Waals surface area (Å²) in [4.78, 5) is 4.64. The molecule has 174 valence electrons. The average Bonchev–Trinajstić information content (AvgIpc) is 3.05. The topological polar surface area (TPSA) is 49.8 Å². The van der Waals surface area contributed by atoms with Gasteiger partial charge in [0.05, 0.1) is 11.2 Å². The standard InChI is InChI=1S/C25H28BNO4.C2H6/c1-24(2)25(3,4)31-26(30-24)21-15-16-22(28-17-19-11-7-5-8-12-19)27-23(21)29-18-20-13-9-6-10-14-20;1-2/h5-16H,17-18H2,1-4H3;1-2H3. The minimum absolute atomic E-state index is 0.391. The summed E-state index contributed by atoms with van der Waals surface area (Å²) in [7, 11) is -0.563. The molecule has 1 aliphatic rings. The summed E-state index contributed by atoms with van der Waals surface area (Å²) in [5.74, 6) is 0.945. The monoisotopic (exact) mass is 447 g/mol. The molecule has 0 radical (unpaired) electrons. The molecule has 0 aliphatic carbocycles. The molecule has 0 unspecified atom stereocenters. The Morgan fingerprint density at radius 2 is 1.18 bits per heavy atom. The molecule has 3 aromatic rings. The maximum absolute atomic E-state index is 6.23. The predicted octanol–water partition coefficient (Wildman–Crippen LogP) is 5.57. The van der Waals surface area contributed by atoms with Crippen molar-refractivity contribution in [3.05, 3.63) is 83.9 Å². The van der Waals surface area contributed by atoms with Crippen molar-refractivity contribution in [1.82, 2.24) is 4.98 Å². The summed E-state index contributed by atoms with van der Waals surface area (Å²) in [5, 5.41) is 0. The van der Waals surface area contributed by atoms with Crippen LogP contribution < -0.4 is 14.9 Å². The molecule has 6 heteroatoms. The molecule has 0 bridgehead atoms. The lowest BCUT2D eigenvalue weighted by atomic mass is 9.79. The van der Waals surface area contributed by atoms with Gasteiger partial charge in [0.2, 0.25) is 11.8 Å². The van der Waals surface area contributed by atoms with Crippen LogP contribution in [0, 0.1) is 0 Å². The van der Waals surface area contributed by atoms with E-state index in [1.807, 2.05) is 114 Å². The molecule has 1 aliphatic heterocycles. The first kappa shape index (κ1) is 24.8. The van der Waals surface area contributed by atoms with E-state index in [-0.39, 0.29) is 0 Å². The molecule has 1 saturated heterocycles. The van der Waals surface area contributed by atoms with Crippen LogP contribution in [-0.4, -0.2) is 23.3 Å². The SMILES string of the molecule is CC.CC1(C)OB(c2ccc(OCc3ccccc3)nc2OCc2ccccc2)OC1(C)C. The van der Waals surface area contributed by atoms with Crippen LogP contribution in [0.5, 0.6) is 11.8 Å². The van der Waals surface area contributed by atoms with E-state index in [1.54, 1.807) is 0 Å². The van der Waals surface area contributed by atoms with Crippen LogP contribution in [0.2, 0.25) is 0 Å². The van der Waals surface area contributed by atoms with Crippen LogP contribution >= 0.6 is 0 Å². The second-order valence-corrected chi connectivity index (χ2v) is 8.68. The lowest BCUT2D eigenvalue weighted by molar-refractivity contribution is 0.00578. The molecule has 0 atom stereocenters. The van der Waals surface area contributed by atoms with Gasteiger partial charge in [0.1, 0.15) is 13.2 Å². The number of ether oxygens (including phenoxy) is 2. The van der Waals surface area contributed by atoms with E-state index in [4.69, 9.17) is 18.8 Å². The fourth-order valence-electron chi connectivity index (χ4n) is 3.24. The van der Waals surface area contributed by atoms with Crippen molar-refractivity contribution in [2.45, 2.75) is 66.0 Å². The molecule has 2 aromatic carbocycles. The van der Waals surface area contributed by atoms with Gasteiger partial charge in [-0.2, -0.15) is 4.98 Å². The van der Waals surface area contributed by atoms with Crippen LogP contribution in [-0.2, 0) is 22.5 Å². The second-order valence-electron chi connectivity index (χ2n) is 8.68. The zero-order valence-electron chi connectivity index (χ0n) is 20.5. The zero-order chi connectivity index (χ0) is 23.9. The Morgan fingerprint density at radius 1 is 0.697 bits per heavy atom. The van der Waals surface area contributed by atoms with Gasteiger partial charge in [-0.15, -0.1) is 0 Å². The van der Waals surface area contributed by atoms with E-state index >= 15 is 0 Å². The number of nitrogens with zero attached hydrogens (tertiary/aromatic N) is 1. The van der Waals surface area contributed by atoms with E-state index in [1.165, 1.54) is 0 Å². The second kappa shape index (κ2) is 10.9. The highest BCUT2D eigenvalue weighted by atomic mass is 16.7. The van der Waals surface area contributed by atoms with E-state index in [0.717, 1.165) is 16.6 Å². The Labute approximate surface area is 198 Å². The van der Waals surface area contributed by atoms with Crippen molar-refractivity contribution >= 4 is 12.6 Å². The normalized spacial score (nSPS) is 16.0. The lowest BCUT2D eigenvalue weighted by Gasteiger charge is -2.32. The molecule has 0 saturated carbocycles. The number of hydrogen-bond donors (Lipinski definition) is 0. The molecule has 33 heavy (non-hydrogen) atoms. The first-order valence-electron chi connectivity index (χ1n) is 11.5. The van der Waals surface area contributed by atoms with Gasteiger partial charge < -0.3 is 18.8 Å². The van der Waals surface area contributed by atoms with Crippen molar-refractivity contribution in [2.75, 3.05) is 0 Å². The molecule has 5 nitrogen and oxygen atoms in total. The molecule has 4 rings (SSSR count). The Morgan fingerprint density at radius 3 is 1.70 bits per heavy atom. The van der Waals surface area contributed by atoms with E-state index in [0.29, 0.717) is 25.0 Å². The molecule has 1 fully saturated rings. The maximum Gasteiger partial charge on any atom is 0.500 e. The van der Waals surface area contributed by atoms with E-state index in [2.05, 4.69) is 4.98 Å². The Balaban J connectivity index is 0.00000149. The first-order valence-corrected chi connectivity index (χ1v) is 11.5. The largest absolute Gasteiger partial charge is 0.500 e. The van der Waals surface area contributed by atoms with Gasteiger partial charge in [-0.3, -0.25) is 0 Å². The van der Waals surface area contributed by atoms with Crippen molar-refractivity contribution in [1.29, 1.82) is 0 Å². The fourth-order valence-corrected chi connectivity index (χ4v) is 3.24. The van der Waals surface area contributed by atoms with Crippen molar-refractivity contribution in [2.24, 2.45) is 0 Å². The van der Waals surface area contributed by atoms with Gasteiger partial charge in [0, 0.05) is 11.5 Å². The van der Waals surface area contributed by atoms with Crippen molar-refractivity contribution < 1.29 is 18.8 Å². The molecule has 0 N–H and O–H groups in total. The van der Waals surface area contributed by atoms with Crippen molar-refractivity contribution in [3.63, 3.8) is 0 Å². The molecule has 2 heterocycles. The third-order valence-corrected chi connectivity index (χ3v) is 5.82. The third-order valence-electron chi connectivity index (χ3n) is 5.82. The number of hydrogen-bond acceptors (Lipinski definition) is 5. The molecular formula is C27H34BNO4. The minimum atomic E-state index is -0.563. The Bertz CT molecular complexity index is 993. The van der Waals surface area contributed by atoms with Gasteiger partial charge in [-0.25, -0.2) is 0 Å². The lowest BCUT2D eigenvalue weighted by Crippen LogP contribution is -2.41. The molecule has 0 spiro atoms. The minimum Gasteiger partial charge on any atom is -0.473 e. The summed E-state index contributed by atoms with van der Waals surface area (Å²) in [6, 6.07) is 23.7. The molecule has 0 amide bonds. The van der Waals surface area contributed by atoms with Crippen LogP contribution in [0.25, 0.3) is 0 Å². The summed E-state index contributed by atoms with van der Waals surface area (Å²) in [6.07, 6.45) is 0. The molecule has 1 aromatic heterocycles. The summed E-state index contributed by atoms with van der Waals surface area (Å²) in [6.45, 7) is 12.9. The maximum atomic E-state index is 6.23. The predicted molar refractivity (Wildman–Crippen MR) is 133 cm³/mol. The molecular weight excluding hydrogens is 413 g/mol. The number of rotatable bonds is 7. The zero-order valence-corrected chi connectivity index (χ0v) is 20.5. The average molecular weight is 447 g/mol. The third kappa shape index (κ3) is 6.15. The van der Waals surface area contributed by atoms with Gasteiger partial charge in [-0.1, -0.05) is 80.6 Å². The summed E-state index contributed by atoms with van der Waals surface area (Å²) in [5.41, 5.74) is 1.99.